The Bertz CT molecular complexity index is 195. The maximum absolute atomic E-state index is 11.9. The molecule has 1 saturated heterocycles. The molecular formula is C9H15F3N2. The van der Waals surface area contributed by atoms with E-state index >= 15 is 0 Å². The maximum atomic E-state index is 11.9. The van der Waals surface area contributed by atoms with Gasteiger partial charge in [-0.1, -0.05) is 0 Å². The molecule has 5 heteroatoms. The van der Waals surface area contributed by atoms with Gasteiger partial charge in [-0.15, -0.1) is 0 Å². The zero-order valence-corrected chi connectivity index (χ0v) is 8.03. The fourth-order valence-corrected chi connectivity index (χ4v) is 1.58. The summed E-state index contributed by atoms with van der Waals surface area (Å²) in [6.07, 6.45) is -2.07. The number of hydrogen-bond donors (Lipinski definition) is 1. The maximum Gasteiger partial charge on any atom is 0.389 e. The number of nitrogens with one attached hydrogen (secondary N) is 1. The third-order valence-electron chi connectivity index (χ3n) is 2.38. The first-order chi connectivity index (χ1) is 6.49. The van der Waals surface area contributed by atoms with E-state index < -0.39 is 12.6 Å². The molecule has 1 aliphatic heterocycles. The highest BCUT2D eigenvalue weighted by molar-refractivity contribution is 5.79. The van der Waals surface area contributed by atoms with E-state index in [1.165, 1.54) is 0 Å². The van der Waals surface area contributed by atoms with Crippen molar-refractivity contribution >= 4 is 5.84 Å². The van der Waals surface area contributed by atoms with Crippen molar-refractivity contribution in [1.29, 1.82) is 5.41 Å². The first-order valence-corrected chi connectivity index (χ1v) is 4.88. The van der Waals surface area contributed by atoms with Crippen LogP contribution in [-0.2, 0) is 0 Å². The number of rotatable bonds is 2. The smallest absolute Gasteiger partial charge is 0.361 e. The Morgan fingerprint density at radius 3 is 2.21 bits per heavy atom. The molecule has 0 amide bonds. The number of likely N-dealkylation sites (tertiary alicyclic amines) is 1. The Morgan fingerprint density at radius 2 is 1.71 bits per heavy atom. The van der Waals surface area contributed by atoms with Crippen molar-refractivity contribution in [3.8, 4) is 0 Å². The molecule has 1 aliphatic rings. The van der Waals surface area contributed by atoms with Crippen LogP contribution < -0.4 is 0 Å². The van der Waals surface area contributed by atoms with Crippen LogP contribution in [0, 0.1) is 5.41 Å². The highest BCUT2D eigenvalue weighted by atomic mass is 19.4. The lowest BCUT2D eigenvalue weighted by molar-refractivity contribution is -0.133. The number of nitrogens with zero attached hydrogens (tertiary/aromatic N) is 1. The van der Waals surface area contributed by atoms with E-state index in [-0.39, 0.29) is 12.3 Å². The Morgan fingerprint density at radius 1 is 1.14 bits per heavy atom. The molecule has 1 rings (SSSR count). The minimum Gasteiger partial charge on any atom is -0.361 e. The minimum absolute atomic E-state index is 0.141. The third kappa shape index (κ3) is 3.98. The Hall–Kier alpha value is -0.740. The summed E-state index contributed by atoms with van der Waals surface area (Å²) in [4.78, 5) is 1.76. The van der Waals surface area contributed by atoms with E-state index in [0.717, 1.165) is 32.4 Å². The molecule has 14 heavy (non-hydrogen) atoms. The van der Waals surface area contributed by atoms with Crippen molar-refractivity contribution in [2.45, 2.75) is 38.3 Å². The lowest BCUT2D eigenvalue weighted by Gasteiger charge is -2.29. The average molecular weight is 208 g/mol. The molecular weight excluding hydrogens is 193 g/mol. The quantitative estimate of drug-likeness (QED) is 0.548. The van der Waals surface area contributed by atoms with Gasteiger partial charge in [0.25, 0.3) is 0 Å². The molecule has 0 bridgehead atoms. The molecule has 0 aromatic heterocycles. The molecule has 0 saturated carbocycles. The van der Waals surface area contributed by atoms with Crippen LogP contribution in [0.15, 0.2) is 0 Å². The van der Waals surface area contributed by atoms with E-state index in [1.807, 2.05) is 0 Å². The molecule has 0 aromatic rings. The van der Waals surface area contributed by atoms with Crippen LogP contribution in [0.5, 0.6) is 0 Å². The Labute approximate surface area is 81.6 Å². The van der Waals surface area contributed by atoms with Gasteiger partial charge in [0.05, 0.1) is 12.3 Å². The number of halogens is 3. The van der Waals surface area contributed by atoms with Gasteiger partial charge in [-0.05, 0) is 19.3 Å². The van der Waals surface area contributed by atoms with E-state index in [0.29, 0.717) is 0 Å². The summed E-state index contributed by atoms with van der Waals surface area (Å²) >= 11 is 0. The Kier molecular flexibility index (Phi) is 3.77. The topological polar surface area (TPSA) is 27.1 Å². The van der Waals surface area contributed by atoms with E-state index in [1.54, 1.807) is 4.90 Å². The number of piperidine rings is 1. The second-order valence-corrected chi connectivity index (χ2v) is 3.61. The van der Waals surface area contributed by atoms with Gasteiger partial charge >= 0.3 is 6.18 Å². The monoisotopic (exact) mass is 208 g/mol. The first kappa shape index (κ1) is 11.3. The van der Waals surface area contributed by atoms with Gasteiger partial charge in [-0.3, -0.25) is 5.41 Å². The molecule has 0 aliphatic carbocycles. The van der Waals surface area contributed by atoms with Crippen LogP contribution in [0.4, 0.5) is 13.2 Å². The fraction of sp³-hybridized carbons (Fsp3) is 0.889. The fourth-order valence-electron chi connectivity index (χ4n) is 1.58. The zero-order chi connectivity index (χ0) is 10.6. The first-order valence-electron chi connectivity index (χ1n) is 4.88. The molecule has 1 heterocycles. The van der Waals surface area contributed by atoms with Crippen molar-refractivity contribution < 1.29 is 13.2 Å². The van der Waals surface area contributed by atoms with Gasteiger partial charge in [0, 0.05) is 19.5 Å². The predicted octanol–water partition coefficient (Wildman–Crippen LogP) is 2.79. The summed E-state index contributed by atoms with van der Waals surface area (Å²) in [6, 6.07) is 0. The summed E-state index contributed by atoms with van der Waals surface area (Å²) in [5.74, 6) is 0.141. The number of hydrogen-bond acceptors (Lipinski definition) is 1. The number of alkyl halides is 3. The van der Waals surface area contributed by atoms with Crippen molar-refractivity contribution in [2.75, 3.05) is 13.1 Å². The van der Waals surface area contributed by atoms with E-state index in [4.69, 9.17) is 5.41 Å². The van der Waals surface area contributed by atoms with Gasteiger partial charge in [0.2, 0.25) is 0 Å². The molecule has 0 atom stereocenters. The second kappa shape index (κ2) is 4.66. The summed E-state index contributed by atoms with van der Waals surface area (Å²) in [7, 11) is 0. The molecule has 2 nitrogen and oxygen atoms in total. The highest BCUT2D eigenvalue weighted by Gasteiger charge is 2.28. The largest absolute Gasteiger partial charge is 0.389 e. The zero-order valence-electron chi connectivity index (χ0n) is 8.03. The Balaban J connectivity index is 2.27. The molecule has 1 fully saturated rings. The molecule has 0 unspecified atom stereocenters. The van der Waals surface area contributed by atoms with Gasteiger partial charge in [0.1, 0.15) is 0 Å². The predicted molar refractivity (Wildman–Crippen MR) is 48.4 cm³/mol. The molecule has 0 spiro atoms. The van der Waals surface area contributed by atoms with Gasteiger partial charge in [-0.25, -0.2) is 0 Å². The van der Waals surface area contributed by atoms with E-state index in [9.17, 15) is 13.2 Å². The third-order valence-corrected chi connectivity index (χ3v) is 2.38. The van der Waals surface area contributed by atoms with Crippen LogP contribution in [0.2, 0.25) is 0 Å². The van der Waals surface area contributed by atoms with Crippen LogP contribution in [0.1, 0.15) is 32.1 Å². The molecule has 82 valence electrons. The van der Waals surface area contributed by atoms with Gasteiger partial charge < -0.3 is 4.90 Å². The lowest BCUT2D eigenvalue weighted by atomic mass is 10.1. The van der Waals surface area contributed by atoms with Crippen molar-refractivity contribution in [1.82, 2.24) is 4.90 Å². The molecule has 0 radical (unpaired) electrons. The van der Waals surface area contributed by atoms with Crippen LogP contribution in [-0.4, -0.2) is 30.0 Å². The average Bonchev–Trinajstić information content (AvgIpc) is 2.14. The normalized spacial score (nSPS) is 18.4. The standard InChI is InChI=1S/C9H15F3N2/c10-9(11,12)5-4-8(13)14-6-2-1-3-7-14/h13H,1-7H2. The summed E-state index contributed by atoms with van der Waals surface area (Å²) < 4.78 is 35.6. The molecule has 0 aromatic carbocycles. The summed E-state index contributed by atoms with van der Waals surface area (Å²) in [5, 5.41) is 7.49. The van der Waals surface area contributed by atoms with Crippen LogP contribution >= 0.6 is 0 Å². The molecule has 1 N–H and O–H groups in total. The highest BCUT2D eigenvalue weighted by Crippen LogP contribution is 2.22. The van der Waals surface area contributed by atoms with Crippen molar-refractivity contribution in [2.24, 2.45) is 0 Å². The van der Waals surface area contributed by atoms with Crippen molar-refractivity contribution in [3.05, 3.63) is 0 Å². The van der Waals surface area contributed by atoms with Gasteiger partial charge in [-0.2, -0.15) is 13.2 Å². The second-order valence-electron chi connectivity index (χ2n) is 3.61. The summed E-state index contributed by atoms with van der Waals surface area (Å²) in [5.41, 5.74) is 0. The lowest BCUT2D eigenvalue weighted by Crippen LogP contribution is -2.35. The van der Waals surface area contributed by atoms with Crippen molar-refractivity contribution in [3.63, 3.8) is 0 Å². The van der Waals surface area contributed by atoms with Crippen LogP contribution in [0.25, 0.3) is 0 Å². The van der Waals surface area contributed by atoms with Crippen LogP contribution in [0.3, 0.4) is 0 Å². The van der Waals surface area contributed by atoms with E-state index in [2.05, 4.69) is 0 Å². The SMILES string of the molecule is N=C(CCC(F)(F)F)N1CCCCC1. The summed E-state index contributed by atoms with van der Waals surface area (Å²) in [6.45, 7) is 1.49. The van der Waals surface area contributed by atoms with Gasteiger partial charge in [0.15, 0.2) is 0 Å². The minimum atomic E-state index is -4.14. The number of amidine groups is 1.